The molecular weight excluding hydrogens is 360 g/mol. The number of aryl methyl sites for hydroxylation is 1. The Kier molecular flexibility index (Phi) is 5.83. The number of nitrogens with zero attached hydrogens (tertiary/aromatic N) is 2. The molecule has 6 nitrogen and oxygen atoms in total. The van der Waals surface area contributed by atoms with Gasteiger partial charge in [-0.3, -0.25) is 4.79 Å². The molecule has 0 saturated carbocycles. The average Bonchev–Trinajstić information content (AvgIpc) is 2.81. The largest absolute Gasteiger partial charge is 0.465 e. The van der Waals surface area contributed by atoms with Crippen LogP contribution in [0.3, 0.4) is 0 Å². The molecule has 2 aromatic rings. The number of esters is 2. The van der Waals surface area contributed by atoms with E-state index in [2.05, 4.69) is 9.97 Å². The summed E-state index contributed by atoms with van der Waals surface area (Å²) < 4.78 is 9.80. The smallest absolute Gasteiger partial charge is 0.348 e. The zero-order valence-electron chi connectivity index (χ0n) is 13.0. The van der Waals surface area contributed by atoms with Crippen LogP contribution >= 0.6 is 34.7 Å². The molecule has 0 spiro atoms. The minimum atomic E-state index is -0.434. The first-order valence-electron chi connectivity index (χ1n) is 6.70. The normalized spacial score (nSPS) is 11.0. The van der Waals surface area contributed by atoms with Crippen molar-refractivity contribution in [3.63, 3.8) is 0 Å². The Balaban J connectivity index is 2.27. The van der Waals surface area contributed by atoms with Gasteiger partial charge in [-0.1, -0.05) is 23.4 Å². The number of fused-ring (bicyclic) bond motifs is 1. The highest BCUT2D eigenvalue weighted by atomic mass is 35.5. The Morgan fingerprint density at radius 2 is 2.04 bits per heavy atom. The second-order valence-electron chi connectivity index (χ2n) is 4.85. The number of ether oxygens (including phenoxy) is 2. The molecule has 2 aromatic heterocycles. The Morgan fingerprint density at radius 3 is 2.65 bits per heavy atom. The minimum absolute atomic E-state index is 0.0915. The van der Waals surface area contributed by atoms with Crippen molar-refractivity contribution in [2.45, 2.75) is 32.0 Å². The Bertz CT molecular complexity index is 761. The summed E-state index contributed by atoms with van der Waals surface area (Å²) in [5.41, 5.74) is 0.692. The van der Waals surface area contributed by atoms with E-state index in [1.54, 1.807) is 20.8 Å². The summed E-state index contributed by atoms with van der Waals surface area (Å²) in [7, 11) is 1.32. The van der Waals surface area contributed by atoms with Crippen molar-refractivity contribution in [3.05, 3.63) is 15.6 Å². The maximum Gasteiger partial charge on any atom is 0.348 e. The summed E-state index contributed by atoms with van der Waals surface area (Å²) in [5, 5.41) is 1.24. The maximum atomic E-state index is 11.7. The molecular formula is C14H15ClN2O4S2. The molecule has 0 bridgehead atoms. The van der Waals surface area contributed by atoms with E-state index in [9.17, 15) is 9.59 Å². The van der Waals surface area contributed by atoms with E-state index in [-0.39, 0.29) is 23.0 Å². The van der Waals surface area contributed by atoms with E-state index in [1.165, 1.54) is 18.4 Å². The van der Waals surface area contributed by atoms with Gasteiger partial charge in [0.25, 0.3) is 0 Å². The molecule has 0 aliphatic rings. The van der Waals surface area contributed by atoms with Crippen LogP contribution in [0.25, 0.3) is 10.2 Å². The van der Waals surface area contributed by atoms with E-state index < -0.39 is 5.97 Å². The van der Waals surface area contributed by atoms with Crippen LogP contribution in [-0.4, -0.2) is 40.9 Å². The summed E-state index contributed by atoms with van der Waals surface area (Å²) in [6.07, 6.45) is -0.169. The first kappa shape index (κ1) is 18.0. The molecule has 124 valence electrons. The van der Waals surface area contributed by atoms with Crippen molar-refractivity contribution in [3.8, 4) is 0 Å². The average molecular weight is 375 g/mol. The number of thioether (sulfide) groups is 1. The van der Waals surface area contributed by atoms with E-state index >= 15 is 0 Å². The fourth-order valence-corrected chi connectivity index (χ4v) is 4.04. The lowest BCUT2D eigenvalue weighted by atomic mass is 10.2. The first-order chi connectivity index (χ1) is 10.8. The number of rotatable bonds is 5. The van der Waals surface area contributed by atoms with E-state index in [0.29, 0.717) is 25.8 Å². The van der Waals surface area contributed by atoms with Crippen molar-refractivity contribution < 1.29 is 19.1 Å². The number of carbonyl (C=O) groups excluding carboxylic acids is 2. The Labute approximate surface area is 146 Å². The molecule has 0 aliphatic carbocycles. The molecule has 0 amide bonds. The molecule has 9 heteroatoms. The number of halogens is 1. The van der Waals surface area contributed by atoms with Gasteiger partial charge in [-0.05, 0) is 26.3 Å². The molecule has 0 unspecified atom stereocenters. The zero-order valence-corrected chi connectivity index (χ0v) is 15.4. The fraction of sp³-hybridized carbons (Fsp3) is 0.429. The van der Waals surface area contributed by atoms with Crippen LogP contribution < -0.4 is 0 Å². The number of hydrogen-bond acceptors (Lipinski definition) is 8. The quantitative estimate of drug-likeness (QED) is 0.343. The predicted molar refractivity (Wildman–Crippen MR) is 90.5 cm³/mol. The second-order valence-corrected chi connectivity index (χ2v) is 7.15. The molecule has 23 heavy (non-hydrogen) atoms. The van der Waals surface area contributed by atoms with Gasteiger partial charge in [0.1, 0.15) is 14.9 Å². The van der Waals surface area contributed by atoms with E-state index in [1.807, 2.05) is 0 Å². The van der Waals surface area contributed by atoms with Crippen LogP contribution in [0.4, 0.5) is 0 Å². The summed E-state index contributed by atoms with van der Waals surface area (Å²) in [6, 6.07) is 0. The first-order valence-corrected chi connectivity index (χ1v) is 8.88. The Hall–Kier alpha value is -1.38. The molecule has 2 rings (SSSR count). The molecule has 0 radical (unpaired) electrons. The highest BCUT2D eigenvalue weighted by molar-refractivity contribution is 7.99. The highest BCUT2D eigenvalue weighted by Gasteiger charge is 2.20. The molecule has 0 saturated heterocycles. The lowest BCUT2D eigenvalue weighted by molar-refractivity contribution is -0.144. The number of hydrogen-bond donors (Lipinski definition) is 0. The minimum Gasteiger partial charge on any atom is -0.465 e. The van der Waals surface area contributed by atoms with Crippen molar-refractivity contribution in [1.82, 2.24) is 9.97 Å². The lowest BCUT2D eigenvalue weighted by Gasteiger charge is -2.07. The monoisotopic (exact) mass is 374 g/mol. The van der Waals surface area contributed by atoms with Gasteiger partial charge >= 0.3 is 11.9 Å². The molecule has 0 aromatic carbocycles. The number of aromatic nitrogens is 2. The van der Waals surface area contributed by atoms with Crippen molar-refractivity contribution >= 4 is 56.9 Å². The van der Waals surface area contributed by atoms with Crippen LogP contribution in [0.2, 0.25) is 5.15 Å². The highest BCUT2D eigenvalue weighted by Crippen LogP contribution is 2.35. The molecule has 0 aliphatic heterocycles. The number of carbonyl (C=O) groups is 2. The molecule has 0 N–H and O–H groups in total. The van der Waals surface area contributed by atoms with Crippen molar-refractivity contribution in [1.29, 1.82) is 0 Å². The van der Waals surface area contributed by atoms with Crippen LogP contribution in [0, 0.1) is 6.92 Å². The van der Waals surface area contributed by atoms with Gasteiger partial charge in [-0.15, -0.1) is 11.3 Å². The van der Waals surface area contributed by atoms with Crippen molar-refractivity contribution in [2.24, 2.45) is 0 Å². The lowest BCUT2D eigenvalue weighted by Crippen LogP contribution is -2.13. The maximum absolute atomic E-state index is 11.7. The topological polar surface area (TPSA) is 78.4 Å². The van der Waals surface area contributed by atoms with Crippen LogP contribution in [0.15, 0.2) is 5.16 Å². The SMILES string of the molecule is COC(=O)c1sc2nc(SCC(=O)OC(C)C)nc(Cl)c2c1C. The van der Waals surface area contributed by atoms with Gasteiger partial charge in [0, 0.05) is 0 Å². The number of methoxy groups -OCH3 is 1. The molecule has 0 atom stereocenters. The van der Waals surface area contributed by atoms with Gasteiger partial charge in [0.15, 0.2) is 5.16 Å². The fourth-order valence-electron chi connectivity index (χ4n) is 1.84. The summed E-state index contributed by atoms with van der Waals surface area (Å²) >= 11 is 8.53. The van der Waals surface area contributed by atoms with Crippen LogP contribution in [0.5, 0.6) is 0 Å². The predicted octanol–water partition coefficient (Wildman–Crippen LogP) is 3.48. The van der Waals surface area contributed by atoms with E-state index in [0.717, 1.165) is 11.8 Å². The third-order valence-corrected chi connectivity index (χ3v) is 5.04. The third-order valence-electron chi connectivity index (χ3n) is 2.78. The zero-order chi connectivity index (χ0) is 17.1. The Morgan fingerprint density at radius 1 is 1.35 bits per heavy atom. The van der Waals surface area contributed by atoms with Gasteiger partial charge in [-0.2, -0.15) is 0 Å². The van der Waals surface area contributed by atoms with Crippen molar-refractivity contribution in [2.75, 3.05) is 12.9 Å². The van der Waals surface area contributed by atoms with Gasteiger partial charge in [0.2, 0.25) is 0 Å². The van der Waals surface area contributed by atoms with Crippen LogP contribution in [-0.2, 0) is 14.3 Å². The third kappa shape index (κ3) is 4.13. The number of thiophene rings is 1. The van der Waals surface area contributed by atoms with E-state index in [4.69, 9.17) is 21.1 Å². The van der Waals surface area contributed by atoms with Gasteiger partial charge in [0.05, 0.1) is 24.4 Å². The standard InChI is InChI=1S/C14H15ClN2O4S2/c1-6(2)21-8(18)5-22-14-16-11(15)9-7(3)10(13(19)20-4)23-12(9)17-14/h6H,5H2,1-4H3. The van der Waals surface area contributed by atoms with Crippen LogP contribution in [0.1, 0.15) is 29.1 Å². The summed E-state index contributed by atoms with van der Waals surface area (Å²) in [6.45, 7) is 5.34. The molecule has 0 fully saturated rings. The molecule has 2 heterocycles. The summed E-state index contributed by atoms with van der Waals surface area (Å²) in [4.78, 5) is 32.9. The van der Waals surface area contributed by atoms with Gasteiger partial charge in [-0.25, -0.2) is 14.8 Å². The summed E-state index contributed by atoms with van der Waals surface area (Å²) in [5.74, 6) is -0.687. The second kappa shape index (κ2) is 7.46. The van der Waals surface area contributed by atoms with Gasteiger partial charge < -0.3 is 9.47 Å².